The number of hydrogen-bond donors (Lipinski definition) is 1. The summed E-state index contributed by atoms with van der Waals surface area (Å²) in [4.78, 5) is 22.7. The summed E-state index contributed by atoms with van der Waals surface area (Å²) in [7, 11) is 0. The monoisotopic (exact) mass is 299 g/mol. The lowest BCUT2D eigenvalue weighted by molar-refractivity contribution is -0.124. The van der Waals surface area contributed by atoms with Crippen molar-refractivity contribution in [2.24, 2.45) is 0 Å². The van der Waals surface area contributed by atoms with Gasteiger partial charge in [-0.05, 0) is 24.8 Å². The molecule has 0 unspecified atom stereocenters. The van der Waals surface area contributed by atoms with Gasteiger partial charge in [0.25, 0.3) is 0 Å². The number of amides is 1. The molecule has 6 heteroatoms. The van der Waals surface area contributed by atoms with Gasteiger partial charge in [0.05, 0.1) is 18.3 Å². The third-order valence-electron chi connectivity index (χ3n) is 4.62. The maximum Gasteiger partial charge on any atom is 0.235 e. The maximum absolute atomic E-state index is 12.3. The van der Waals surface area contributed by atoms with Gasteiger partial charge in [0.1, 0.15) is 11.9 Å². The van der Waals surface area contributed by atoms with E-state index in [1.54, 1.807) is 6.33 Å². The maximum atomic E-state index is 12.3. The fraction of sp³-hybridized carbons (Fsp3) is 0.625. The first-order chi connectivity index (χ1) is 10.7. The normalized spacial score (nSPS) is 20.7. The van der Waals surface area contributed by atoms with Gasteiger partial charge < -0.3 is 5.32 Å². The number of carbonyl (C=O) groups excluding carboxylic acids is 1. The second-order valence-electron chi connectivity index (χ2n) is 6.26. The molecule has 1 aliphatic heterocycles. The van der Waals surface area contributed by atoms with Crippen LogP contribution in [0.3, 0.4) is 0 Å². The van der Waals surface area contributed by atoms with Gasteiger partial charge in [-0.2, -0.15) is 5.26 Å². The van der Waals surface area contributed by atoms with Crippen LogP contribution in [0.4, 0.5) is 0 Å². The van der Waals surface area contributed by atoms with E-state index in [-0.39, 0.29) is 5.91 Å². The van der Waals surface area contributed by atoms with Crippen LogP contribution in [0, 0.1) is 11.3 Å². The average molecular weight is 299 g/mol. The predicted molar refractivity (Wildman–Crippen MR) is 80.6 cm³/mol. The zero-order valence-corrected chi connectivity index (χ0v) is 12.7. The van der Waals surface area contributed by atoms with Crippen molar-refractivity contribution >= 4 is 5.91 Å². The molecule has 2 heterocycles. The zero-order valence-electron chi connectivity index (χ0n) is 12.7. The minimum absolute atomic E-state index is 0.0547. The Balaban J connectivity index is 1.58. The predicted octanol–water partition coefficient (Wildman–Crippen LogP) is 1.18. The van der Waals surface area contributed by atoms with Crippen LogP contribution in [0.1, 0.15) is 43.4 Å². The van der Waals surface area contributed by atoms with E-state index in [1.165, 1.54) is 5.56 Å². The molecular formula is C16H21N5O. The molecule has 22 heavy (non-hydrogen) atoms. The molecule has 1 N–H and O–H groups in total. The van der Waals surface area contributed by atoms with Gasteiger partial charge in [0, 0.05) is 19.3 Å². The summed E-state index contributed by atoms with van der Waals surface area (Å²) in [5, 5.41) is 12.4. The molecule has 116 valence electrons. The number of rotatable bonds is 3. The first kappa shape index (κ1) is 14.9. The second-order valence-corrected chi connectivity index (χ2v) is 6.26. The summed E-state index contributed by atoms with van der Waals surface area (Å²) in [6.45, 7) is 1.82. The van der Waals surface area contributed by atoms with Gasteiger partial charge in [-0.1, -0.05) is 19.3 Å². The van der Waals surface area contributed by atoms with Gasteiger partial charge in [-0.3, -0.25) is 9.69 Å². The van der Waals surface area contributed by atoms with Crippen LogP contribution in [0.25, 0.3) is 0 Å². The van der Waals surface area contributed by atoms with E-state index < -0.39 is 5.54 Å². The van der Waals surface area contributed by atoms with E-state index in [4.69, 9.17) is 0 Å². The Hall–Kier alpha value is -2.00. The summed E-state index contributed by atoms with van der Waals surface area (Å²) in [6.07, 6.45) is 9.00. The number of aromatic nitrogens is 2. The Morgan fingerprint density at radius 2 is 2.23 bits per heavy atom. The van der Waals surface area contributed by atoms with Gasteiger partial charge in [0.15, 0.2) is 0 Å². The lowest BCUT2D eigenvalue weighted by atomic mass is 9.83. The Kier molecular flexibility index (Phi) is 4.34. The van der Waals surface area contributed by atoms with Crippen LogP contribution in [-0.2, 0) is 17.8 Å². The van der Waals surface area contributed by atoms with E-state index in [0.29, 0.717) is 13.1 Å². The van der Waals surface area contributed by atoms with E-state index in [1.807, 2.05) is 6.20 Å². The van der Waals surface area contributed by atoms with Crippen molar-refractivity contribution in [2.75, 3.05) is 13.1 Å². The molecule has 2 aliphatic rings. The quantitative estimate of drug-likeness (QED) is 0.906. The first-order valence-electron chi connectivity index (χ1n) is 7.93. The SMILES string of the molecule is N#CC1(NC(=O)CN2CCc3cncnc3C2)CCCCC1. The Bertz CT molecular complexity index is 588. The third-order valence-corrected chi connectivity index (χ3v) is 4.62. The molecule has 0 saturated heterocycles. The molecule has 0 spiro atoms. The van der Waals surface area contributed by atoms with Crippen molar-refractivity contribution in [3.8, 4) is 6.07 Å². The Labute approximate surface area is 130 Å². The van der Waals surface area contributed by atoms with Crippen LogP contribution in [0.15, 0.2) is 12.5 Å². The molecule has 0 bridgehead atoms. The lowest BCUT2D eigenvalue weighted by Gasteiger charge is -2.33. The smallest absolute Gasteiger partial charge is 0.235 e. The van der Waals surface area contributed by atoms with E-state index in [9.17, 15) is 10.1 Å². The third kappa shape index (κ3) is 3.25. The average Bonchev–Trinajstić information content (AvgIpc) is 2.55. The lowest BCUT2D eigenvalue weighted by Crippen LogP contribution is -2.52. The number of nitriles is 1. The molecule has 1 aliphatic carbocycles. The van der Waals surface area contributed by atoms with E-state index in [2.05, 4.69) is 26.3 Å². The second kappa shape index (κ2) is 6.41. The van der Waals surface area contributed by atoms with Crippen molar-refractivity contribution in [3.05, 3.63) is 23.8 Å². The highest BCUT2D eigenvalue weighted by molar-refractivity contribution is 5.79. The highest BCUT2D eigenvalue weighted by Gasteiger charge is 2.34. The molecule has 0 atom stereocenters. The molecular weight excluding hydrogens is 278 g/mol. The molecule has 3 rings (SSSR count). The minimum atomic E-state index is -0.648. The first-order valence-corrected chi connectivity index (χ1v) is 7.93. The molecule has 6 nitrogen and oxygen atoms in total. The van der Waals surface area contributed by atoms with E-state index >= 15 is 0 Å². The Morgan fingerprint density at radius 1 is 1.41 bits per heavy atom. The van der Waals surface area contributed by atoms with Gasteiger partial charge in [-0.25, -0.2) is 9.97 Å². The van der Waals surface area contributed by atoms with Gasteiger partial charge in [0.2, 0.25) is 5.91 Å². The molecule has 1 aromatic heterocycles. The summed E-state index contributed by atoms with van der Waals surface area (Å²) < 4.78 is 0. The molecule has 1 amide bonds. The topological polar surface area (TPSA) is 81.9 Å². The van der Waals surface area contributed by atoms with Gasteiger partial charge >= 0.3 is 0 Å². The van der Waals surface area contributed by atoms with Crippen molar-refractivity contribution in [1.29, 1.82) is 5.26 Å². The molecule has 1 fully saturated rings. The highest BCUT2D eigenvalue weighted by Crippen LogP contribution is 2.27. The zero-order chi connectivity index (χ0) is 15.4. The highest BCUT2D eigenvalue weighted by atomic mass is 16.2. The number of carbonyl (C=O) groups is 1. The summed E-state index contributed by atoms with van der Waals surface area (Å²) in [5.74, 6) is -0.0547. The van der Waals surface area contributed by atoms with Gasteiger partial charge in [-0.15, -0.1) is 0 Å². The van der Waals surface area contributed by atoms with Crippen LogP contribution in [-0.4, -0.2) is 39.4 Å². The van der Waals surface area contributed by atoms with Crippen molar-refractivity contribution in [2.45, 2.75) is 50.6 Å². The van der Waals surface area contributed by atoms with Crippen LogP contribution in [0.2, 0.25) is 0 Å². The summed E-state index contributed by atoms with van der Waals surface area (Å²) in [5.41, 5.74) is 1.52. The van der Waals surface area contributed by atoms with Crippen LogP contribution < -0.4 is 5.32 Å². The molecule has 0 aromatic carbocycles. The minimum Gasteiger partial charge on any atom is -0.337 e. The molecule has 1 aromatic rings. The number of nitrogens with one attached hydrogen (secondary N) is 1. The van der Waals surface area contributed by atoms with Crippen molar-refractivity contribution < 1.29 is 4.79 Å². The summed E-state index contributed by atoms with van der Waals surface area (Å²) >= 11 is 0. The molecule has 0 radical (unpaired) electrons. The number of hydrogen-bond acceptors (Lipinski definition) is 5. The van der Waals surface area contributed by atoms with E-state index in [0.717, 1.165) is 50.8 Å². The summed E-state index contributed by atoms with van der Waals surface area (Å²) in [6, 6.07) is 2.33. The number of fused-ring (bicyclic) bond motifs is 1. The number of nitrogens with zero attached hydrogens (tertiary/aromatic N) is 4. The Morgan fingerprint density at radius 3 is 3.00 bits per heavy atom. The molecule has 1 saturated carbocycles. The van der Waals surface area contributed by atoms with Crippen LogP contribution >= 0.6 is 0 Å². The van der Waals surface area contributed by atoms with Crippen molar-refractivity contribution in [1.82, 2.24) is 20.2 Å². The largest absolute Gasteiger partial charge is 0.337 e. The fourth-order valence-electron chi connectivity index (χ4n) is 3.37. The van der Waals surface area contributed by atoms with Crippen molar-refractivity contribution in [3.63, 3.8) is 0 Å². The fourth-order valence-corrected chi connectivity index (χ4v) is 3.37. The standard InChI is InChI=1S/C16H21N5O/c17-11-16(5-2-1-3-6-16)20-15(22)10-21-7-4-13-8-18-12-19-14(13)9-21/h8,12H,1-7,9-10H2,(H,20,22). The van der Waals surface area contributed by atoms with Crippen LogP contribution in [0.5, 0.6) is 0 Å².